The zero-order valence-electron chi connectivity index (χ0n) is 14.3. The highest BCUT2D eigenvalue weighted by Crippen LogP contribution is 2.23. The molecule has 0 radical (unpaired) electrons. The minimum Gasteiger partial charge on any atom is -0.267 e. The van der Waals surface area contributed by atoms with Gasteiger partial charge in [-0.1, -0.05) is 35.3 Å². The summed E-state index contributed by atoms with van der Waals surface area (Å²) in [4.78, 5) is 21.5. The van der Waals surface area contributed by atoms with Crippen LogP contribution in [0.15, 0.2) is 59.8 Å². The van der Waals surface area contributed by atoms with Crippen molar-refractivity contribution in [3.63, 3.8) is 0 Å². The van der Waals surface area contributed by atoms with Gasteiger partial charge in [-0.2, -0.15) is 4.52 Å². The van der Waals surface area contributed by atoms with E-state index in [-0.39, 0.29) is 5.56 Å². The second-order valence-corrected chi connectivity index (χ2v) is 6.93. The van der Waals surface area contributed by atoms with Crippen molar-refractivity contribution in [3.8, 4) is 5.69 Å². The molecule has 0 aliphatic heterocycles. The number of hydrogen-bond donors (Lipinski definition) is 0. The van der Waals surface area contributed by atoms with Gasteiger partial charge >= 0.3 is 0 Å². The molecule has 1 aromatic carbocycles. The third kappa shape index (κ3) is 3.52. The lowest BCUT2D eigenvalue weighted by atomic mass is 10.2. The molecule has 0 bridgehead atoms. The summed E-state index contributed by atoms with van der Waals surface area (Å²) < 4.78 is 3.20. The fourth-order valence-electron chi connectivity index (χ4n) is 2.86. The highest BCUT2D eigenvalue weighted by atomic mass is 35.5. The Hall–Kier alpha value is -2.89. The monoisotopic (exact) mass is 396 g/mol. The molecule has 0 unspecified atom stereocenters. The highest BCUT2D eigenvalue weighted by Gasteiger charge is 2.12. The number of rotatable bonds is 3. The van der Waals surface area contributed by atoms with E-state index in [0.29, 0.717) is 27.1 Å². The smallest absolute Gasteiger partial charge is 0.267 e. The molecule has 0 amide bonds. The predicted molar refractivity (Wildman–Crippen MR) is 109 cm³/mol. The summed E-state index contributed by atoms with van der Waals surface area (Å²) >= 11 is 12.2. The number of benzene rings is 1. The first-order valence-electron chi connectivity index (χ1n) is 8.18. The Morgan fingerprint density at radius 1 is 1.07 bits per heavy atom. The lowest BCUT2D eigenvalue weighted by Crippen LogP contribution is -2.20. The molecule has 3 aromatic heterocycles. The minimum atomic E-state index is -0.199. The van der Waals surface area contributed by atoms with Crippen LogP contribution >= 0.6 is 23.2 Å². The van der Waals surface area contributed by atoms with Gasteiger partial charge in [0.1, 0.15) is 0 Å². The van der Waals surface area contributed by atoms with Crippen LogP contribution in [0.25, 0.3) is 23.5 Å². The van der Waals surface area contributed by atoms with Crippen LogP contribution in [0.1, 0.15) is 16.8 Å². The number of halogens is 2. The normalized spacial score (nSPS) is 11.5. The molecule has 0 atom stereocenters. The molecular formula is C20H14Cl2N4O. The number of pyridine rings is 1. The van der Waals surface area contributed by atoms with Crippen LogP contribution in [0.2, 0.25) is 10.0 Å². The van der Waals surface area contributed by atoms with E-state index in [2.05, 4.69) is 9.97 Å². The highest BCUT2D eigenvalue weighted by molar-refractivity contribution is 6.34. The molecule has 0 spiro atoms. The van der Waals surface area contributed by atoms with Crippen molar-refractivity contribution in [2.24, 2.45) is 0 Å². The Labute approximate surface area is 165 Å². The molecule has 27 heavy (non-hydrogen) atoms. The third-order valence-electron chi connectivity index (χ3n) is 4.04. The molecule has 0 aliphatic rings. The molecule has 3 heterocycles. The van der Waals surface area contributed by atoms with Crippen molar-refractivity contribution in [3.05, 3.63) is 92.2 Å². The van der Waals surface area contributed by atoms with Crippen LogP contribution in [0.4, 0.5) is 0 Å². The number of fused-ring (bicyclic) bond motifs is 1. The van der Waals surface area contributed by atoms with Crippen molar-refractivity contribution in [1.82, 2.24) is 19.2 Å². The van der Waals surface area contributed by atoms with Crippen LogP contribution in [0.3, 0.4) is 0 Å². The largest absolute Gasteiger partial charge is 0.273 e. The number of hydrogen-bond acceptors (Lipinski definition) is 3. The van der Waals surface area contributed by atoms with Gasteiger partial charge in [-0.3, -0.25) is 14.5 Å². The topological polar surface area (TPSA) is 52.2 Å². The van der Waals surface area contributed by atoms with E-state index in [1.165, 1.54) is 10.6 Å². The van der Waals surface area contributed by atoms with Crippen LogP contribution in [0, 0.1) is 6.92 Å². The van der Waals surface area contributed by atoms with Crippen LogP contribution < -0.4 is 5.56 Å². The summed E-state index contributed by atoms with van der Waals surface area (Å²) in [7, 11) is 0. The van der Waals surface area contributed by atoms with Gasteiger partial charge < -0.3 is 0 Å². The molecule has 4 rings (SSSR count). The Morgan fingerprint density at radius 2 is 1.85 bits per heavy atom. The lowest BCUT2D eigenvalue weighted by molar-refractivity contribution is 0.763. The molecular weight excluding hydrogens is 383 g/mol. The van der Waals surface area contributed by atoms with Gasteiger partial charge in [0.15, 0.2) is 5.65 Å². The molecule has 5 nitrogen and oxygen atoms in total. The summed E-state index contributed by atoms with van der Waals surface area (Å²) in [6, 6.07) is 10.4. The molecule has 4 aromatic rings. The van der Waals surface area contributed by atoms with Crippen LogP contribution in [-0.4, -0.2) is 19.2 Å². The Morgan fingerprint density at radius 3 is 2.56 bits per heavy atom. The van der Waals surface area contributed by atoms with Crippen LogP contribution in [0.5, 0.6) is 0 Å². The minimum absolute atomic E-state index is 0.199. The lowest BCUT2D eigenvalue weighted by Gasteiger charge is -2.08. The summed E-state index contributed by atoms with van der Waals surface area (Å²) in [5, 5.41) is 0.989. The molecule has 0 aliphatic carbocycles. The van der Waals surface area contributed by atoms with E-state index >= 15 is 0 Å². The second kappa shape index (κ2) is 7.02. The van der Waals surface area contributed by atoms with Gasteiger partial charge in [-0.25, -0.2) is 4.98 Å². The van der Waals surface area contributed by atoms with Crippen molar-refractivity contribution in [2.75, 3.05) is 0 Å². The van der Waals surface area contributed by atoms with Crippen LogP contribution in [-0.2, 0) is 0 Å². The van der Waals surface area contributed by atoms with Gasteiger partial charge in [0.25, 0.3) is 5.56 Å². The van der Waals surface area contributed by atoms with E-state index in [1.807, 2.05) is 31.3 Å². The first-order valence-corrected chi connectivity index (χ1v) is 8.93. The first-order chi connectivity index (χ1) is 13.0. The Kier molecular flexibility index (Phi) is 4.56. The maximum absolute atomic E-state index is 12.8. The fourth-order valence-corrected chi connectivity index (χ4v) is 3.37. The standard InChI is InChI=1S/C20H14Cl2N4O/c1-13-12-25(18-8-15(21)7-16(22)9-18)26-19(27)10-17(24-20(13)26)5-4-14-3-2-6-23-11-14/h2-12H,1H3. The molecule has 0 saturated heterocycles. The van der Waals surface area contributed by atoms with Crippen molar-refractivity contribution in [1.29, 1.82) is 0 Å². The quantitative estimate of drug-likeness (QED) is 0.505. The Bertz CT molecular complexity index is 1210. The van der Waals surface area contributed by atoms with Crippen molar-refractivity contribution < 1.29 is 0 Å². The van der Waals surface area contributed by atoms with E-state index in [0.717, 1.165) is 11.1 Å². The zero-order chi connectivity index (χ0) is 19.0. The second-order valence-electron chi connectivity index (χ2n) is 6.06. The molecule has 7 heteroatoms. The van der Waals surface area contributed by atoms with E-state index in [9.17, 15) is 4.79 Å². The van der Waals surface area contributed by atoms with E-state index in [4.69, 9.17) is 23.2 Å². The number of aromatic nitrogens is 4. The molecule has 0 N–H and O–H groups in total. The molecule has 0 saturated carbocycles. The Balaban J connectivity index is 1.84. The maximum atomic E-state index is 12.8. The van der Waals surface area contributed by atoms with Crippen molar-refractivity contribution >= 4 is 41.0 Å². The first kappa shape index (κ1) is 17.5. The fraction of sp³-hybridized carbons (Fsp3) is 0.0500. The zero-order valence-corrected chi connectivity index (χ0v) is 15.8. The third-order valence-corrected chi connectivity index (χ3v) is 4.48. The van der Waals surface area contributed by atoms with Gasteiger partial charge in [0.05, 0.1) is 11.4 Å². The molecule has 134 valence electrons. The van der Waals surface area contributed by atoms with Crippen molar-refractivity contribution in [2.45, 2.75) is 6.92 Å². The van der Waals surface area contributed by atoms with Gasteiger partial charge in [0, 0.05) is 40.3 Å². The van der Waals surface area contributed by atoms with Gasteiger partial charge in [-0.05, 0) is 42.8 Å². The summed E-state index contributed by atoms with van der Waals surface area (Å²) in [5.41, 5.74) is 3.43. The van der Waals surface area contributed by atoms with E-state index in [1.54, 1.807) is 41.4 Å². The maximum Gasteiger partial charge on any atom is 0.273 e. The van der Waals surface area contributed by atoms with Gasteiger partial charge in [-0.15, -0.1) is 0 Å². The summed E-state index contributed by atoms with van der Waals surface area (Å²) in [6.07, 6.45) is 8.95. The number of aryl methyl sites for hydroxylation is 1. The SMILES string of the molecule is Cc1cn(-c2cc(Cl)cc(Cl)c2)n2c(=O)cc(C=Cc3cccnc3)nc12. The molecule has 0 fully saturated rings. The average molecular weight is 397 g/mol. The predicted octanol–water partition coefficient (Wildman–Crippen LogP) is 4.67. The number of nitrogens with zero attached hydrogens (tertiary/aromatic N) is 4. The van der Waals surface area contributed by atoms with E-state index < -0.39 is 0 Å². The summed E-state index contributed by atoms with van der Waals surface area (Å²) in [6.45, 7) is 1.90. The van der Waals surface area contributed by atoms with Gasteiger partial charge in [0.2, 0.25) is 0 Å². The summed E-state index contributed by atoms with van der Waals surface area (Å²) in [5.74, 6) is 0. The average Bonchev–Trinajstić information content (AvgIpc) is 2.98.